The van der Waals surface area contributed by atoms with Crippen LogP contribution in [0.4, 0.5) is 0 Å². The van der Waals surface area contributed by atoms with Gasteiger partial charge in [0.15, 0.2) is 0 Å². The zero-order valence-corrected chi connectivity index (χ0v) is 8.54. The number of hydrogen-bond acceptors (Lipinski definition) is 4. The molecule has 0 aromatic carbocycles. The van der Waals surface area contributed by atoms with E-state index >= 15 is 0 Å². The van der Waals surface area contributed by atoms with Crippen molar-refractivity contribution in [2.75, 3.05) is 34.3 Å². The largest absolute Gasteiger partial charge is 0.469 e. The van der Waals surface area contributed by atoms with Crippen molar-refractivity contribution in [2.45, 2.75) is 12.5 Å². The van der Waals surface area contributed by atoms with Gasteiger partial charge in [0, 0.05) is 12.6 Å². The monoisotopic (exact) mass is 186 g/mol. The van der Waals surface area contributed by atoms with Crippen LogP contribution in [0.15, 0.2) is 0 Å². The number of esters is 1. The molecule has 0 bridgehead atoms. The van der Waals surface area contributed by atoms with Crippen LogP contribution in [0.1, 0.15) is 6.42 Å². The summed E-state index contributed by atoms with van der Waals surface area (Å²) in [4.78, 5) is 13.6. The number of methoxy groups -OCH3 is 1. The third-order valence-electron chi connectivity index (χ3n) is 2.69. The van der Waals surface area contributed by atoms with E-state index in [-0.39, 0.29) is 17.9 Å². The Balaban J connectivity index is 2.59. The van der Waals surface area contributed by atoms with Crippen molar-refractivity contribution in [1.29, 1.82) is 0 Å². The highest BCUT2D eigenvalue weighted by Gasteiger charge is 2.32. The summed E-state index contributed by atoms with van der Waals surface area (Å²) >= 11 is 0. The van der Waals surface area contributed by atoms with E-state index in [0.29, 0.717) is 0 Å². The highest BCUT2D eigenvalue weighted by molar-refractivity contribution is 5.73. The number of likely N-dealkylation sites (tertiary alicyclic amines) is 1. The highest BCUT2D eigenvalue weighted by atomic mass is 16.5. The zero-order valence-electron chi connectivity index (χ0n) is 8.54. The molecule has 1 saturated heterocycles. The molecule has 1 N–H and O–H groups in total. The lowest BCUT2D eigenvalue weighted by Crippen LogP contribution is -2.50. The van der Waals surface area contributed by atoms with E-state index in [4.69, 9.17) is 4.74 Å². The van der Waals surface area contributed by atoms with Gasteiger partial charge in [0.05, 0.1) is 13.0 Å². The molecule has 1 rings (SSSR count). The van der Waals surface area contributed by atoms with Gasteiger partial charge < -0.3 is 15.0 Å². The van der Waals surface area contributed by atoms with Crippen LogP contribution in [0.3, 0.4) is 0 Å². The molecule has 13 heavy (non-hydrogen) atoms. The molecule has 0 amide bonds. The van der Waals surface area contributed by atoms with Gasteiger partial charge >= 0.3 is 5.97 Å². The molecule has 76 valence electrons. The Morgan fingerprint density at radius 3 is 2.85 bits per heavy atom. The summed E-state index contributed by atoms with van der Waals surface area (Å²) in [5.41, 5.74) is 0. The Morgan fingerprint density at radius 1 is 1.62 bits per heavy atom. The molecule has 0 radical (unpaired) electrons. The Labute approximate surface area is 79.2 Å². The smallest absolute Gasteiger partial charge is 0.311 e. The van der Waals surface area contributed by atoms with Crippen molar-refractivity contribution in [1.82, 2.24) is 10.2 Å². The van der Waals surface area contributed by atoms with Crippen molar-refractivity contribution in [2.24, 2.45) is 5.92 Å². The van der Waals surface area contributed by atoms with Gasteiger partial charge in [0.1, 0.15) is 0 Å². The first-order valence-electron chi connectivity index (χ1n) is 4.62. The molecule has 1 aliphatic heterocycles. The number of carbonyl (C=O) groups is 1. The molecule has 1 fully saturated rings. The second-order valence-electron chi connectivity index (χ2n) is 3.58. The summed E-state index contributed by atoms with van der Waals surface area (Å²) in [6, 6.07) is 0.267. The summed E-state index contributed by atoms with van der Waals surface area (Å²) in [6.45, 7) is 1.83. The number of hydrogen-bond donors (Lipinski definition) is 1. The molecule has 0 saturated carbocycles. The zero-order chi connectivity index (χ0) is 9.84. The van der Waals surface area contributed by atoms with E-state index in [1.54, 1.807) is 0 Å². The van der Waals surface area contributed by atoms with Crippen LogP contribution in [-0.2, 0) is 9.53 Å². The minimum Gasteiger partial charge on any atom is -0.469 e. The molecular formula is C9H18N2O2. The van der Waals surface area contributed by atoms with Gasteiger partial charge in [-0.05, 0) is 27.1 Å². The maximum absolute atomic E-state index is 11.4. The average Bonchev–Trinajstić information content (AvgIpc) is 2.16. The van der Waals surface area contributed by atoms with E-state index in [9.17, 15) is 4.79 Å². The predicted octanol–water partition coefficient (Wildman–Crippen LogP) is -0.301. The fraction of sp³-hybridized carbons (Fsp3) is 0.889. The van der Waals surface area contributed by atoms with Gasteiger partial charge in [-0.3, -0.25) is 4.79 Å². The summed E-state index contributed by atoms with van der Waals surface area (Å²) in [5, 5.41) is 3.16. The second-order valence-corrected chi connectivity index (χ2v) is 3.58. The standard InChI is InChI=1S/C9H18N2O2/c1-10-8-4-5-11(2)6-7(8)9(12)13-3/h7-8,10H,4-6H2,1-3H3. The molecule has 0 aromatic rings. The van der Waals surface area contributed by atoms with Crippen molar-refractivity contribution in [3.63, 3.8) is 0 Å². The lowest BCUT2D eigenvalue weighted by molar-refractivity contribution is -0.148. The van der Waals surface area contributed by atoms with Crippen LogP contribution in [0.25, 0.3) is 0 Å². The van der Waals surface area contributed by atoms with Gasteiger partial charge in [-0.25, -0.2) is 0 Å². The van der Waals surface area contributed by atoms with Gasteiger partial charge in [-0.2, -0.15) is 0 Å². The first-order chi connectivity index (χ1) is 6.19. The molecule has 2 unspecified atom stereocenters. The first kappa shape index (κ1) is 10.5. The summed E-state index contributed by atoms with van der Waals surface area (Å²) in [6.07, 6.45) is 1.01. The minimum absolute atomic E-state index is 0.0197. The summed E-state index contributed by atoms with van der Waals surface area (Å²) in [5.74, 6) is -0.125. The third-order valence-corrected chi connectivity index (χ3v) is 2.69. The SMILES string of the molecule is CNC1CCN(C)CC1C(=O)OC. The van der Waals surface area contributed by atoms with Gasteiger partial charge in [-0.1, -0.05) is 0 Å². The number of ether oxygens (including phenoxy) is 1. The van der Waals surface area contributed by atoms with Crippen molar-refractivity contribution < 1.29 is 9.53 Å². The Morgan fingerprint density at radius 2 is 2.31 bits per heavy atom. The fourth-order valence-electron chi connectivity index (χ4n) is 1.85. The maximum Gasteiger partial charge on any atom is 0.311 e. The van der Waals surface area contributed by atoms with E-state index in [1.165, 1.54) is 7.11 Å². The van der Waals surface area contributed by atoms with Crippen molar-refractivity contribution in [3.8, 4) is 0 Å². The predicted molar refractivity (Wildman–Crippen MR) is 50.5 cm³/mol. The molecule has 4 heteroatoms. The average molecular weight is 186 g/mol. The molecule has 1 aliphatic rings. The van der Waals surface area contributed by atoms with Crippen molar-refractivity contribution >= 4 is 5.97 Å². The molecule has 0 spiro atoms. The maximum atomic E-state index is 11.4. The molecule has 1 heterocycles. The Kier molecular flexibility index (Phi) is 3.69. The number of piperidine rings is 1. The quantitative estimate of drug-likeness (QED) is 0.601. The van der Waals surface area contributed by atoms with E-state index in [1.807, 2.05) is 14.1 Å². The van der Waals surface area contributed by atoms with Gasteiger partial charge in [0.25, 0.3) is 0 Å². The van der Waals surface area contributed by atoms with E-state index in [0.717, 1.165) is 19.5 Å². The molecule has 2 atom stereocenters. The van der Waals surface area contributed by atoms with E-state index < -0.39 is 0 Å². The van der Waals surface area contributed by atoms with Crippen LogP contribution in [0.5, 0.6) is 0 Å². The van der Waals surface area contributed by atoms with E-state index in [2.05, 4.69) is 10.2 Å². The topological polar surface area (TPSA) is 41.6 Å². The number of rotatable bonds is 2. The molecule has 4 nitrogen and oxygen atoms in total. The summed E-state index contributed by atoms with van der Waals surface area (Å²) in [7, 11) is 5.37. The second kappa shape index (κ2) is 4.58. The molecular weight excluding hydrogens is 168 g/mol. The number of nitrogens with zero attached hydrogens (tertiary/aromatic N) is 1. The first-order valence-corrected chi connectivity index (χ1v) is 4.62. The van der Waals surface area contributed by atoms with Crippen LogP contribution in [-0.4, -0.2) is 51.2 Å². The van der Waals surface area contributed by atoms with Gasteiger partial charge in [-0.15, -0.1) is 0 Å². The minimum atomic E-state index is -0.106. The van der Waals surface area contributed by atoms with Crippen LogP contribution >= 0.6 is 0 Å². The fourth-order valence-corrected chi connectivity index (χ4v) is 1.85. The number of carbonyl (C=O) groups excluding carboxylic acids is 1. The normalized spacial score (nSPS) is 30.1. The van der Waals surface area contributed by atoms with Gasteiger partial charge in [0.2, 0.25) is 0 Å². The lowest BCUT2D eigenvalue weighted by Gasteiger charge is -2.34. The lowest BCUT2D eigenvalue weighted by atomic mass is 9.92. The third kappa shape index (κ3) is 2.42. The molecule has 0 aromatic heterocycles. The molecule has 0 aliphatic carbocycles. The Bertz CT molecular complexity index is 184. The van der Waals surface area contributed by atoms with Crippen LogP contribution < -0.4 is 5.32 Å². The van der Waals surface area contributed by atoms with Crippen LogP contribution in [0, 0.1) is 5.92 Å². The highest BCUT2D eigenvalue weighted by Crippen LogP contribution is 2.16. The Hall–Kier alpha value is -0.610. The number of nitrogens with one attached hydrogen (secondary N) is 1. The van der Waals surface area contributed by atoms with Crippen LogP contribution in [0.2, 0.25) is 0 Å². The van der Waals surface area contributed by atoms with Crippen molar-refractivity contribution in [3.05, 3.63) is 0 Å². The summed E-state index contributed by atoms with van der Waals surface area (Å²) < 4.78 is 4.76.